The quantitative estimate of drug-likeness (QED) is 0.929. The number of fused-ring (bicyclic) bond motifs is 1. The zero-order valence-electron chi connectivity index (χ0n) is 12.9. The Morgan fingerprint density at radius 1 is 1.00 bits per heavy atom. The van der Waals surface area contributed by atoms with Crippen LogP contribution in [0.1, 0.15) is 0 Å². The van der Waals surface area contributed by atoms with Gasteiger partial charge in [0.05, 0.1) is 37.0 Å². The lowest BCUT2D eigenvalue weighted by molar-refractivity contribution is 0.414. The topological polar surface area (TPSA) is 67.9 Å². The van der Waals surface area contributed by atoms with Crippen LogP contribution in [0.2, 0.25) is 0 Å². The summed E-state index contributed by atoms with van der Waals surface area (Å²) in [6, 6.07) is 11.7. The van der Waals surface area contributed by atoms with E-state index in [4.69, 9.17) is 9.47 Å². The summed E-state index contributed by atoms with van der Waals surface area (Å²) in [5.74, 6) is 1.30. The van der Waals surface area contributed by atoms with E-state index < -0.39 is 10.0 Å². The molecule has 0 bridgehead atoms. The molecule has 0 radical (unpaired) electrons. The molecule has 7 heteroatoms. The van der Waals surface area contributed by atoms with Crippen LogP contribution in [-0.2, 0) is 10.0 Å². The summed E-state index contributed by atoms with van der Waals surface area (Å²) < 4.78 is 37.5. The van der Waals surface area contributed by atoms with E-state index in [2.05, 4.69) is 5.32 Å². The normalized spacial score (nSPS) is 13.9. The number of methoxy groups -OCH3 is 2. The molecule has 0 fully saturated rings. The number of rotatable bonds is 4. The van der Waals surface area contributed by atoms with Crippen molar-refractivity contribution in [3.8, 4) is 11.5 Å². The number of ether oxygens (including phenoxy) is 2. The van der Waals surface area contributed by atoms with E-state index in [-0.39, 0.29) is 4.90 Å². The summed E-state index contributed by atoms with van der Waals surface area (Å²) in [6.45, 7) is 0.906. The number of nitrogens with one attached hydrogen (secondary N) is 1. The molecule has 3 rings (SSSR count). The van der Waals surface area contributed by atoms with Gasteiger partial charge in [0.2, 0.25) is 0 Å². The molecule has 0 saturated heterocycles. The molecule has 0 saturated carbocycles. The number of benzene rings is 2. The van der Waals surface area contributed by atoms with Crippen molar-refractivity contribution in [2.24, 2.45) is 0 Å². The Morgan fingerprint density at radius 2 is 1.65 bits per heavy atom. The number of nitrogens with zero attached hydrogens (tertiary/aromatic N) is 1. The van der Waals surface area contributed by atoms with E-state index in [0.717, 1.165) is 5.69 Å². The Balaban J connectivity index is 2.01. The van der Waals surface area contributed by atoms with Crippen LogP contribution in [-0.4, -0.2) is 35.7 Å². The van der Waals surface area contributed by atoms with Crippen LogP contribution in [0.15, 0.2) is 47.4 Å². The van der Waals surface area contributed by atoms with Gasteiger partial charge >= 0.3 is 0 Å². The van der Waals surface area contributed by atoms with Crippen LogP contribution >= 0.6 is 0 Å². The highest BCUT2D eigenvalue weighted by molar-refractivity contribution is 7.92. The summed E-state index contributed by atoms with van der Waals surface area (Å²) in [5.41, 5.74) is 1.36. The summed E-state index contributed by atoms with van der Waals surface area (Å²) in [5, 5.41) is 3.20. The van der Waals surface area contributed by atoms with Crippen molar-refractivity contribution in [3.05, 3.63) is 42.5 Å². The molecule has 23 heavy (non-hydrogen) atoms. The molecule has 2 aromatic rings. The van der Waals surface area contributed by atoms with Gasteiger partial charge in [-0.15, -0.1) is 0 Å². The number of hydrogen-bond acceptors (Lipinski definition) is 5. The minimum absolute atomic E-state index is 0.238. The van der Waals surface area contributed by atoms with Crippen LogP contribution in [0.4, 0.5) is 11.4 Å². The molecule has 122 valence electrons. The summed E-state index contributed by atoms with van der Waals surface area (Å²) in [6.07, 6.45) is 0. The number of hydrogen-bond donors (Lipinski definition) is 1. The lowest BCUT2D eigenvalue weighted by Gasteiger charge is -2.31. The Hall–Kier alpha value is -2.41. The molecule has 0 amide bonds. The third kappa shape index (κ3) is 2.79. The van der Waals surface area contributed by atoms with E-state index >= 15 is 0 Å². The predicted molar refractivity (Wildman–Crippen MR) is 89.0 cm³/mol. The maximum absolute atomic E-state index is 12.9. The highest BCUT2D eigenvalue weighted by Crippen LogP contribution is 2.36. The first-order valence-electron chi connectivity index (χ1n) is 7.15. The summed E-state index contributed by atoms with van der Waals surface area (Å²) in [4.78, 5) is 0.238. The van der Waals surface area contributed by atoms with Gasteiger partial charge in [-0.3, -0.25) is 4.31 Å². The average Bonchev–Trinajstić information content (AvgIpc) is 2.60. The van der Waals surface area contributed by atoms with Crippen LogP contribution in [0.5, 0.6) is 11.5 Å². The first-order chi connectivity index (χ1) is 11.1. The van der Waals surface area contributed by atoms with E-state index in [1.807, 2.05) is 0 Å². The van der Waals surface area contributed by atoms with Gasteiger partial charge in [0.15, 0.2) is 0 Å². The second-order valence-corrected chi connectivity index (χ2v) is 6.92. The maximum Gasteiger partial charge on any atom is 0.264 e. The molecule has 1 aliphatic rings. The minimum Gasteiger partial charge on any atom is -0.497 e. The second kappa shape index (κ2) is 6.00. The van der Waals surface area contributed by atoms with Crippen molar-refractivity contribution in [1.29, 1.82) is 0 Å². The van der Waals surface area contributed by atoms with Gasteiger partial charge in [0.25, 0.3) is 10.0 Å². The molecule has 0 unspecified atom stereocenters. The lowest BCUT2D eigenvalue weighted by atomic mass is 10.2. The smallest absolute Gasteiger partial charge is 0.264 e. The van der Waals surface area contributed by atoms with Crippen LogP contribution < -0.4 is 19.1 Å². The molecular formula is C16H18N2O4S. The van der Waals surface area contributed by atoms with Gasteiger partial charge in [0.1, 0.15) is 11.5 Å². The fourth-order valence-corrected chi connectivity index (χ4v) is 4.02. The second-order valence-electron chi connectivity index (χ2n) is 5.06. The molecule has 0 spiro atoms. The fraction of sp³-hybridized carbons (Fsp3) is 0.250. The third-order valence-electron chi connectivity index (χ3n) is 3.75. The zero-order chi connectivity index (χ0) is 16.4. The van der Waals surface area contributed by atoms with Crippen molar-refractivity contribution < 1.29 is 17.9 Å². The Labute approximate surface area is 135 Å². The van der Waals surface area contributed by atoms with Crippen molar-refractivity contribution in [1.82, 2.24) is 0 Å². The van der Waals surface area contributed by atoms with E-state index in [9.17, 15) is 8.42 Å². The molecule has 2 aromatic carbocycles. The largest absolute Gasteiger partial charge is 0.497 e. The van der Waals surface area contributed by atoms with Crippen LogP contribution in [0, 0.1) is 0 Å². The van der Waals surface area contributed by atoms with Gasteiger partial charge in [-0.1, -0.05) is 0 Å². The molecule has 0 aliphatic carbocycles. The van der Waals surface area contributed by atoms with Crippen LogP contribution in [0.3, 0.4) is 0 Å². The molecule has 0 aromatic heterocycles. The van der Waals surface area contributed by atoms with Gasteiger partial charge in [-0.25, -0.2) is 8.42 Å². The van der Waals surface area contributed by atoms with E-state index in [1.54, 1.807) is 56.7 Å². The Kier molecular flexibility index (Phi) is 4.04. The molecule has 1 N–H and O–H groups in total. The van der Waals surface area contributed by atoms with Crippen molar-refractivity contribution >= 4 is 21.4 Å². The molecular weight excluding hydrogens is 316 g/mol. The minimum atomic E-state index is -3.62. The van der Waals surface area contributed by atoms with Gasteiger partial charge in [0, 0.05) is 12.6 Å². The predicted octanol–water partition coefficient (Wildman–Crippen LogP) is 2.32. The third-order valence-corrected chi connectivity index (χ3v) is 5.58. The van der Waals surface area contributed by atoms with Gasteiger partial charge in [-0.2, -0.15) is 0 Å². The van der Waals surface area contributed by atoms with Gasteiger partial charge in [-0.05, 0) is 36.4 Å². The number of sulfonamides is 1. The highest BCUT2D eigenvalue weighted by Gasteiger charge is 2.29. The molecule has 1 heterocycles. The van der Waals surface area contributed by atoms with Crippen LogP contribution in [0.25, 0.3) is 0 Å². The summed E-state index contributed by atoms with van der Waals surface area (Å²) in [7, 11) is -0.498. The van der Waals surface area contributed by atoms with Crippen molar-refractivity contribution in [3.63, 3.8) is 0 Å². The molecule has 0 atom stereocenters. The lowest BCUT2D eigenvalue weighted by Crippen LogP contribution is -2.38. The van der Waals surface area contributed by atoms with E-state index in [0.29, 0.717) is 30.3 Å². The van der Waals surface area contributed by atoms with Crippen molar-refractivity contribution in [2.45, 2.75) is 4.90 Å². The van der Waals surface area contributed by atoms with Gasteiger partial charge < -0.3 is 14.8 Å². The first-order valence-corrected chi connectivity index (χ1v) is 8.59. The SMILES string of the molecule is COc1ccc(S(=O)(=O)N2CCNc3cc(OC)ccc32)cc1. The molecule has 6 nitrogen and oxygen atoms in total. The fourth-order valence-electron chi connectivity index (χ4n) is 2.54. The maximum atomic E-state index is 12.9. The first kappa shape index (κ1) is 15.5. The van der Waals surface area contributed by atoms with Crippen molar-refractivity contribution in [2.75, 3.05) is 36.9 Å². The standard InChI is InChI=1S/C16H18N2O4S/c1-21-12-3-6-14(7-4-12)23(19,20)18-10-9-17-15-11-13(22-2)5-8-16(15)18/h3-8,11,17H,9-10H2,1-2H3. The Bertz CT molecular complexity index is 803. The van der Waals surface area contributed by atoms with E-state index in [1.165, 1.54) is 4.31 Å². The zero-order valence-corrected chi connectivity index (χ0v) is 13.8. The highest BCUT2D eigenvalue weighted by atomic mass is 32.2. The Morgan fingerprint density at radius 3 is 2.30 bits per heavy atom. The number of anilines is 2. The summed E-state index contributed by atoms with van der Waals surface area (Å²) >= 11 is 0. The average molecular weight is 334 g/mol. The molecule has 1 aliphatic heterocycles. The monoisotopic (exact) mass is 334 g/mol.